The fourth-order valence-electron chi connectivity index (χ4n) is 1.64. The summed E-state index contributed by atoms with van der Waals surface area (Å²) in [5, 5.41) is 2.77. The molecule has 5 nitrogen and oxygen atoms in total. The lowest BCUT2D eigenvalue weighted by atomic mass is 10.2. The fourth-order valence-corrected chi connectivity index (χ4v) is 1.64. The van der Waals surface area contributed by atoms with E-state index in [1.165, 1.54) is 10.6 Å². The molecule has 0 spiro atoms. The summed E-state index contributed by atoms with van der Waals surface area (Å²) in [5.74, 6) is -0.242. The van der Waals surface area contributed by atoms with Crippen LogP contribution in [0.5, 0.6) is 0 Å². The zero-order valence-corrected chi connectivity index (χ0v) is 10.7. The van der Waals surface area contributed by atoms with Gasteiger partial charge in [0.25, 0.3) is 11.5 Å². The lowest BCUT2D eigenvalue weighted by molar-refractivity contribution is 0.0954. The molecule has 19 heavy (non-hydrogen) atoms. The largest absolute Gasteiger partial charge is 0.352 e. The molecular formula is C14H15N3O2. The Morgan fingerprint density at radius 1 is 1.37 bits per heavy atom. The standard InChI is InChI=1S/C14H15N3O2/c1-17-9-6-11(10-13(17)18)14(19)16-8-5-12-4-2-3-7-15-12/h2-4,6-7,9-10H,5,8H2,1H3,(H,16,19). The molecule has 2 aromatic heterocycles. The molecule has 2 aromatic rings. The molecule has 0 aliphatic rings. The summed E-state index contributed by atoms with van der Waals surface area (Å²) >= 11 is 0. The molecule has 0 saturated carbocycles. The van der Waals surface area contributed by atoms with E-state index >= 15 is 0 Å². The molecule has 0 saturated heterocycles. The van der Waals surface area contributed by atoms with Gasteiger partial charge in [-0.15, -0.1) is 0 Å². The van der Waals surface area contributed by atoms with Crippen molar-refractivity contribution in [3.05, 3.63) is 64.3 Å². The van der Waals surface area contributed by atoms with Gasteiger partial charge in [0.2, 0.25) is 0 Å². The summed E-state index contributed by atoms with van der Waals surface area (Å²) in [5.41, 5.74) is 1.10. The van der Waals surface area contributed by atoms with Gasteiger partial charge >= 0.3 is 0 Å². The third-order valence-electron chi connectivity index (χ3n) is 2.76. The molecule has 0 fully saturated rings. The summed E-state index contributed by atoms with van der Waals surface area (Å²) in [6, 6.07) is 8.62. The van der Waals surface area contributed by atoms with Gasteiger partial charge in [0, 0.05) is 49.7 Å². The number of nitrogens with one attached hydrogen (secondary N) is 1. The Morgan fingerprint density at radius 3 is 2.89 bits per heavy atom. The molecule has 0 aliphatic heterocycles. The van der Waals surface area contributed by atoms with E-state index in [2.05, 4.69) is 10.3 Å². The van der Waals surface area contributed by atoms with Gasteiger partial charge in [-0.3, -0.25) is 14.6 Å². The number of carbonyl (C=O) groups is 1. The Kier molecular flexibility index (Phi) is 4.07. The highest BCUT2D eigenvalue weighted by Gasteiger charge is 2.06. The van der Waals surface area contributed by atoms with Crippen LogP contribution in [-0.2, 0) is 13.5 Å². The number of nitrogens with zero attached hydrogens (tertiary/aromatic N) is 2. The first-order chi connectivity index (χ1) is 9.16. The number of hydrogen-bond donors (Lipinski definition) is 1. The van der Waals surface area contributed by atoms with Crippen molar-refractivity contribution < 1.29 is 4.79 Å². The number of pyridine rings is 2. The maximum absolute atomic E-state index is 11.8. The molecule has 0 bridgehead atoms. The summed E-state index contributed by atoms with van der Waals surface area (Å²) in [6.45, 7) is 0.491. The zero-order valence-electron chi connectivity index (χ0n) is 10.7. The predicted octanol–water partition coefficient (Wildman–Crippen LogP) is 0.753. The molecule has 0 aliphatic carbocycles. The van der Waals surface area contributed by atoms with Crippen molar-refractivity contribution in [1.82, 2.24) is 14.9 Å². The Labute approximate surface area is 110 Å². The SMILES string of the molecule is Cn1ccc(C(=O)NCCc2ccccn2)cc1=O. The second-order valence-electron chi connectivity index (χ2n) is 4.19. The van der Waals surface area contributed by atoms with E-state index in [0.717, 1.165) is 5.69 Å². The summed E-state index contributed by atoms with van der Waals surface area (Å²) in [6.07, 6.45) is 3.96. The minimum absolute atomic E-state index is 0.197. The van der Waals surface area contributed by atoms with E-state index < -0.39 is 0 Å². The zero-order chi connectivity index (χ0) is 13.7. The molecule has 0 unspecified atom stereocenters. The van der Waals surface area contributed by atoms with Crippen LogP contribution in [0.3, 0.4) is 0 Å². The van der Waals surface area contributed by atoms with E-state index in [1.807, 2.05) is 18.2 Å². The van der Waals surface area contributed by atoms with Crippen molar-refractivity contribution in [3.8, 4) is 0 Å². The number of aryl methyl sites for hydroxylation is 1. The van der Waals surface area contributed by atoms with Crippen molar-refractivity contribution in [2.24, 2.45) is 7.05 Å². The minimum Gasteiger partial charge on any atom is -0.352 e. The second kappa shape index (κ2) is 5.95. The molecule has 0 radical (unpaired) electrons. The summed E-state index contributed by atoms with van der Waals surface area (Å²) in [7, 11) is 1.64. The molecule has 2 heterocycles. The van der Waals surface area contributed by atoms with Crippen molar-refractivity contribution in [1.29, 1.82) is 0 Å². The highest BCUT2D eigenvalue weighted by atomic mass is 16.2. The van der Waals surface area contributed by atoms with E-state index in [0.29, 0.717) is 18.5 Å². The molecule has 2 rings (SSSR count). The number of hydrogen-bond acceptors (Lipinski definition) is 3. The number of amides is 1. The Bertz CT molecular complexity index is 620. The quantitative estimate of drug-likeness (QED) is 0.879. The van der Waals surface area contributed by atoms with Crippen LogP contribution in [0.2, 0.25) is 0 Å². The van der Waals surface area contributed by atoms with E-state index in [-0.39, 0.29) is 11.5 Å². The Hall–Kier alpha value is -2.43. The van der Waals surface area contributed by atoms with Crippen LogP contribution >= 0.6 is 0 Å². The summed E-state index contributed by atoms with van der Waals surface area (Å²) < 4.78 is 1.42. The number of rotatable bonds is 4. The van der Waals surface area contributed by atoms with Crippen molar-refractivity contribution in [2.75, 3.05) is 6.54 Å². The molecule has 98 valence electrons. The summed E-state index contributed by atoms with van der Waals surface area (Å²) in [4.78, 5) is 27.4. The van der Waals surface area contributed by atoms with Crippen LogP contribution in [0.15, 0.2) is 47.5 Å². The maximum Gasteiger partial charge on any atom is 0.251 e. The van der Waals surface area contributed by atoms with Gasteiger partial charge in [-0.25, -0.2) is 0 Å². The van der Waals surface area contributed by atoms with E-state index in [9.17, 15) is 9.59 Å². The van der Waals surface area contributed by atoms with Crippen LogP contribution in [0, 0.1) is 0 Å². The van der Waals surface area contributed by atoms with Crippen LogP contribution < -0.4 is 10.9 Å². The predicted molar refractivity (Wildman–Crippen MR) is 72.0 cm³/mol. The smallest absolute Gasteiger partial charge is 0.251 e. The lowest BCUT2D eigenvalue weighted by Gasteiger charge is -2.05. The molecule has 0 aromatic carbocycles. The van der Waals surface area contributed by atoms with Gasteiger partial charge in [0.05, 0.1) is 0 Å². The van der Waals surface area contributed by atoms with Crippen molar-refractivity contribution in [3.63, 3.8) is 0 Å². The average Bonchev–Trinajstić information content (AvgIpc) is 2.43. The molecule has 1 amide bonds. The first kappa shape index (κ1) is 13.0. The average molecular weight is 257 g/mol. The monoisotopic (exact) mass is 257 g/mol. The topological polar surface area (TPSA) is 64.0 Å². The van der Waals surface area contributed by atoms with E-state index in [1.54, 1.807) is 25.5 Å². The maximum atomic E-state index is 11.8. The third kappa shape index (κ3) is 3.51. The van der Waals surface area contributed by atoms with Gasteiger partial charge in [-0.1, -0.05) is 6.07 Å². The molecular weight excluding hydrogens is 242 g/mol. The highest BCUT2D eigenvalue weighted by molar-refractivity contribution is 5.93. The first-order valence-electron chi connectivity index (χ1n) is 6.01. The van der Waals surface area contributed by atoms with Gasteiger partial charge in [-0.2, -0.15) is 0 Å². The lowest BCUT2D eigenvalue weighted by Crippen LogP contribution is -2.28. The normalized spacial score (nSPS) is 10.2. The first-order valence-corrected chi connectivity index (χ1v) is 6.01. The molecule has 1 N–H and O–H groups in total. The van der Waals surface area contributed by atoms with Crippen LogP contribution in [-0.4, -0.2) is 22.0 Å². The van der Waals surface area contributed by atoms with Crippen LogP contribution in [0.4, 0.5) is 0 Å². The number of aromatic nitrogens is 2. The van der Waals surface area contributed by atoms with Crippen molar-refractivity contribution >= 4 is 5.91 Å². The van der Waals surface area contributed by atoms with Crippen molar-refractivity contribution in [2.45, 2.75) is 6.42 Å². The second-order valence-corrected chi connectivity index (χ2v) is 4.19. The molecule has 0 atom stereocenters. The third-order valence-corrected chi connectivity index (χ3v) is 2.76. The minimum atomic E-state index is -0.242. The van der Waals surface area contributed by atoms with Crippen LogP contribution in [0.25, 0.3) is 0 Å². The van der Waals surface area contributed by atoms with Crippen LogP contribution in [0.1, 0.15) is 16.1 Å². The van der Waals surface area contributed by atoms with Gasteiger partial charge in [0.15, 0.2) is 0 Å². The van der Waals surface area contributed by atoms with Gasteiger partial charge < -0.3 is 9.88 Å². The highest BCUT2D eigenvalue weighted by Crippen LogP contribution is 1.96. The van der Waals surface area contributed by atoms with Gasteiger partial charge in [-0.05, 0) is 18.2 Å². The Morgan fingerprint density at radius 2 is 2.21 bits per heavy atom. The van der Waals surface area contributed by atoms with E-state index in [4.69, 9.17) is 0 Å². The number of carbonyl (C=O) groups excluding carboxylic acids is 1. The van der Waals surface area contributed by atoms with Gasteiger partial charge in [0.1, 0.15) is 0 Å². The Balaban J connectivity index is 1.91. The molecule has 5 heteroatoms. The fraction of sp³-hybridized carbons (Fsp3) is 0.214.